The minimum absolute atomic E-state index is 0. The molecule has 0 aliphatic carbocycles. The van der Waals surface area contributed by atoms with Gasteiger partial charge < -0.3 is 4.55 Å². The van der Waals surface area contributed by atoms with Crippen LogP contribution in [0.4, 0.5) is 5.69 Å². The van der Waals surface area contributed by atoms with Crippen molar-refractivity contribution in [2.75, 3.05) is 5.75 Å². The predicted molar refractivity (Wildman–Crippen MR) is 58.8 cm³/mol. The molecule has 11 heteroatoms. The van der Waals surface area contributed by atoms with Gasteiger partial charge in [0.25, 0.3) is 5.69 Å². The minimum Gasteiger partial charge on any atom is -0.744 e. The molecule has 0 aliphatic rings. The summed E-state index contributed by atoms with van der Waals surface area (Å²) >= 11 is 0. The molecular weight excluding hydrogens is 309 g/mol. The van der Waals surface area contributed by atoms with Crippen LogP contribution in [0, 0.1) is 10.1 Å². The van der Waals surface area contributed by atoms with E-state index >= 15 is 0 Å². The Kier molecular flexibility index (Phi) is 6.11. The van der Waals surface area contributed by atoms with E-state index in [4.69, 9.17) is 0 Å². The van der Waals surface area contributed by atoms with Crippen LogP contribution in [0.15, 0.2) is 28.0 Å². The molecule has 0 N–H and O–H groups in total. The van der Waals surface area contributed by atoms with Gasteiger partial charge in [0.2, 0.25) is 0 Å². The third-order valence-electron chi connectivity index (χ3n) is 2.14. The van der Waals surface area contributed by atoms with E-state index in [1.165, 1.54) is 6.92 Å². The second kappa shape index (κ2) is 6.29. The zero-order valence-corrected chi connectivity index (χ0v) is 13.7. The number of sulfone groups is 1. The Hall–Kier alpha value is -0.520. The van der Waals surface area contributed by atoms with Crippen LogP contribution < -0.4 is 29.6 Å². The summed E-state index contributed by atoms with van der Waals surface area (Å²) in [5.74, 6) is -0.298. The molecular formula is C8H8NNaO7S2. The fraction of sp³-hybridized carbons (Fsp3) is 0.250. The second-order valence-electron chi connectivity index (χ2n) is 3.24. The van der Waals surface area contributed by atoms with Crippen molar-refractivity contribution in [2.45, 2.75) is 16.7 Å². The van der Waals surface area contributed by atoms with Gasteiger partial charge >= 0.3 is 29.6 Å². The number of nitrogens with zero attached hydrogens (tertiary/aromatic N) is 1. The number of nitro benzene ring substituents is 1. The van der Waals surface area contributed by atoms with Gasteiger partial charge in [0.1, 0.15) is 15.0 Å². The molecule has 0 atom stereocenters. The number of rotatable bonds is 4. The molecule has 1 rings (SSSR count). The van der Waals surface area contributed by atoms with Crippen molar-refractivity contribution < 1.29 is 55.9 Å². The standard InChI is InChI=1S/C8H9NO7S2.Na/c1-2-17(12,13)6-3-4-8(18(14,15)16)7(5-6)9(10)11;/h3-5H,2H2,1H3,(H,14,15,16);/q;+1/p-1. The molecule has 0 aliphatic heterocycles. The normalized spacial score (nSPS) is 11.7. The zero-order chi connectivity index (χ0) is 14.1. The summed E-state index contributed by atoms with van der Waals surface area (Å²) in [5.41, 5.74) is -1.04. The number of hydrogen-bond donors (Lipinski definition) is 0. The predicted octanol–water partition coefficient (Wildman–Crippen LogP) is -2.70. The molecule has 0 saturated carbocycles. The Morgan fingerprint density at radius 3 is 2.11 bits per heavy atom. The molecule has 1 aromatic rings. The minimum atomic E-state index is -5.03. The summed E-state index contributed by atoms with van der Waals surface area (Å²) in [5, 5.41) is 10.6. The molecule has 1 aromatic carbocycles. The fourth-order valence-corrected chi connectivity index (χ4v) is 2.74. The van der Waals surface area contributed by atoms with E-state index < -0.39 is 40.4 Å². The SMILES string of the molecule is CCS(=O)(=O)c1ccc(S(=O)(=O)[O-])c([N+](=O)[O-])c1.[Na+]. The summed E-state index contributed by atoms with van der Waals surface area (Å²) < 4.78 is 55.3. The van der Waals surface area contributed by atoms with Crippen molar-refractivity contribution in [1.82, 2.24) is 0 Å². The van der Waals surface area contributed by atoms with Crippen molar-refractivity contribution in [3.05, 3.63) is 28.3 Å². The quantitative estimate of drug-likeness (QED) is 0.255. The van der Waals surface area contributed by atoms with Crippen molar-refractivity contribution in [2.24, 2.45) is 0 Å². The number of benzene rings is 1. The van der Waals surface area contributed by atoms with Gasteiger partial charge in [-0.2, -0.15) is 0 Å². The molecule has 8 nitrogen and oxygen atoms in total. The van der Waals surface area contributed by atoms with Crippen molar-refractivity contribution in [1.29, 1.82) is 0 Å². The van der Waals surface area contributed by atoms with E-state index in [0.717, 1.165) is 6.07 Å². The van der Waals surface area contributed by atoms with Gasteiger partial charge in [-0.25, -0.2) is 16.8 Å². The van der Waals surface area contributed by atoms with Gasteiger partial charge in [0.15, 0.2) is 9.84 Å². The van der Waals surface area contributed by atoms with Crippen molar-refractivity contribution in [3.63, 3.8) is 0 Å². The van der Waals surface area contributed by atoms with Crippen molar-refractivity contribution >= 4 is 25.6 Å². The van der Waals surface area contributed by atoms with Crippen LogP contribution in [-0.4, -0.2) is 32.1 Å². The summed E-state index contributed by atoms with van der Waals surface area (Å²) in [7, 11) is -8.75. The molecule has 0 unspecified atom stereocenters. The molecule has 0 aromatic heterocycles. The van der Waals surface area contributed by atoms with Crippen LogP contribution in [0.2, 0.25) is 0 Å². The third kappa shape index (κ3) is 4.23. The van der Waals surface area contributed by atoms with Gasteiger partial charge in [0, 0.05) is 6.07 Å². The largest absolute Gasteiger partial charge is 1.00 e. The van der Waals surface area contributed by atoms with E-state index in [1.807, 2.05) is 0 Å². The molecule has 0 radical (unpaired) electrons. The van der Waals surface area contributed by atoms with E-state index in [-0.39, 0.29) is 35.3 Å². The number of hydrogen-bond acceptors (Lipinski definition) is 7. The maximum absolute atomic E-state index is 11.5. The molecule has 0 bridgehead atoms. The first-order valence-electron chi connectivity index (χ1n) is 4.56. The van der Waals surface area contributed by atoms with Gasteiger partial charge in [-0.1, -0.05) is 6.92 Å². The Morgan fingerprint density at radius 2 is 1.74 bits per heavy atom. The molecule has 100 valence electrons. The maximum atomic E-state index is 11.5. The smallest absolute Gasteiger partial charge is 0.744 e. The van der Waals surface area contributed by atoms with E-state index in [1.54, 1.807) is 0 Å². The van der Waals surface area contributed by atoms with E-state index in [0.29, 0.717) is 12.1 Å². The van der Waals surface area contributed by atoms with E-state index in [9.17, 15) is 31.5 Å². The van der Waals surface area contributed by atoms with Crippen LogP contribution in [0.25, 0.3) is 0 Å². The maximum Gasteiger partial charge on any atom is 1.00 e. The summed E-state index contributed by atoms with van der Waals surface area (Å²) in [6.45, 7) is 1.33. The number of nitro groups is 1. The average Bonchev–Trinajstić information content (AvgIpc) is 2.27. The zero-order valence-electron chi connectivity index (χ0n) is 10.1. The third-order valence-corrected chi connectivity index (χ3v) is 4.75. The average molecular weight is 317 g/mol. The monoisotopic (exact) mass is 317 g/mol. The van der Waals surface area contributed by atoms with E-state index in [2.05, 4.69) is 0 Å². The molecule has 0 heterocycles. The topological polar surface area (TPSA) is 134 Å². The first-order chi connectivity index (χ1) is 8.09. The van der Waals surface area contributed by atoms with Gasteiger partial charge in [0.05, 0.1) is 15.6 Å². The molecule has 0 fully saturated rings. The first kappa shape index (κ1) is 18.5. The summed E-state index contributed by atoms with van der Waals surface area (Å²) in [6, 6.07) is 2.06. The van der Waals surface area contributed by atoms with Crippen LogP contribution in [0.1, 0.15) is 6.92 Å². The van der Waals surface area contributed by atoms with Gasteiger partial charge in [-0.15, -0.1) is 0 Å². The Bertz CT molecular complexity index is 696. The first-order valence-corrected chi connectivity index (χ1v) is 7.62. The van der Waals surface area contributed by atoms with Crippen LogP contribution in [-0.2, 0) is 20.0 Å². The van der Waals surface area contributed by atoms with Crippen LogP contribution in [0.3, 0.4) is 0 Å². The Morgan fingerprint density at radius 1 is 1.21 bits per heavy atom. The molecule has 0 saturated heterocycles. The summed E-state index contributed by atoms with van der Waals surface area (Å²) in [4.78, 5) is 8.08. The fourth-order valence-electron chi connectivity index (χ4n) is 1.21. The van der Waals surface area contributed by atoms with Crippen LogP contribution >= 0.6 is 0 Å². The molecule has 19 heavy (non-hydrogen) atoms. The second-order valence-corrected chi connectivity index (χ2v) is 6.87. The van der Waals surface area contributed by atoms with Crippen LogP contribution in [0.5, 0.6) is 0 Å². The summed E-state index contributed by atoms with van der Waals surface area (Å²) in [6.07, 6.45) is 0. The van der Waals surface area contributed by atoms with Gasteiger partial charge in [-0.05, 0) is 12.1 Å². The molecule has 0 spiro atoms. The van der Waals surface area contributed by atoms with Gasteiger partial charge in [-0.3, -0.25) is 10.1 Å². The molecule has 0 amide bonds. The van der Waals surface area contributed by atoms with Crippen molar-refractivity contribution in [3.8, 4) is 0 Å². The Balaban J connectivity index is 0.00000324. The Labute approximate surface area is 131 Å².